The number of rotatable bonds is 5. The molecule has 0 saturated heterocycles. The van der Waals surface area contributed by atoms with E-state index in [0.29, 0.717) is 12.1 Å². The van der Waals surface area contributed by atoms with Crippen LogP contribution in [0.25, 0.3) is 0 Å². The summed E-state index contributed by atoms with van der Waals surface area (Å²) in [5.74, 6) is -0.191. The Morgan fingerprint density at radius 1 is 1.26 bits per heavy atom. The van der Waals surface area contributed by atoms with Gasteiger partial charge >= 0.3 is 5.69 Å². The lowest BCUT2D eigenvalue weighted by Crippen LogP contribution is -2.36. The van der Waals surface area contributed by atoms with Crippen molar-refractivity contribution in [3.63, 3.8) is 0 Å². The highest BCUT2D eigenvalue weighted by Gasteiger charge is 2.22. The van der Waals surface area contributed by atoms with Gasteiger partial charge in [-0.25, -0.2) is 4.79 Å². The van der Waals surface area contributed by atoms with Crippen LogP contribution < -0.4 is 11.0 Å². The smallest absolute Gasteiger partial charge is 0.324 e. The predicted octanol–water partition coefficient (Wildman–Crippen LogP) is 3.01. The molecule has 1 amide bonds. The Morgan fingerprint density at radius 3 is 2.57 bits per heavy atom. The number of hydrogen-bond acceptors (Lipinski definition) is 3. The van der Waals surface area contributed by atoms with Crippen LogP contribution in [-0.4, -0.2) is 15.5 Å². The van der Waals surface area contributed by atoms with E-state index in [1.165, 1.54) is 4.57 Å². The lowest BCUT2D eigenvalue weighted by Gasteiger charge is -2.20. The van der Waals surface area contributed by atoms with Crippen LogP contribution >= 0.6 is 0 Å². The molecule has 0 radical (unpaired) electrons. The molecule has 0 aliphatic heterocycles. The van der Waals surface area contributed by atoms with Crippen LogP contribution in [0.4, 0.5) is 5.69 Å². The van der Waals surface area contributed by atoms with Crippen molar-refractivity contribution in [2.75, 3.05) is 5.32 Å². The van der Waals surface area contributed by atoms with Crippen LogP contribution in [0.15, 0.2) is 35.1 Å². The first-order valence-corrected chi connectivity index (χ1v) is 7.93. The normalized spacial score (nSPS) is 12.0. The zero-order valence-electron chi connectivity index (χ0n) is 14.1. The van der Waals surface area contributed by atoms with Gasteiger partial charge in [0.1, 0.15) is 6.04 Å². The first-order chi connectivity index (χ1) is 11.0. The maximum absolute atomic E-state index is 12.7. The van der Waals surface area contributed by atoms with Crippen molar-refractivity contribution in [2.45, 2.75) is 46.6 Å². The summed E-state index contributed by atoms with van der Waals surface area (Å²) < 4.78 is 1.47. The van der Waals surface area contributed by atoms with Crippen molar-refractivity contribution in [1.29, 1.82) is 0 Å². The van der Waals surface area contributed by atoms with Crippen molar-refractivity contribution in [3.8, 4) is 0 Å². The molecule has 2 aromatic rings. The molecular formula is C18H23N3O2. The van der Waals surface area contributed by atoms with Crippen LogP contribution in [0.5, 0.6) is 0 Å². The van der Waals surface area contributed by atoms with Gasteiger partial charge in [0, 0.05) is 17.1 Å². The van der Waals surface area contributed by atoms with E-state index in [0.717, 1.165) is 23.4 Å². The van der Waals surface area contributed by atoms with Crippen molar-refractivity contribution >= 4 is 11.6 Å². The molecule has 1 aromatic heterocycles. The summed E-state index contributed by atoms with van der Waals surface area (Å²) >= 11 is 0. The number of hydrogen-bond donors (Lipinski definition) is 1. The Bertz CT molecular complexity index is 765. The maximum atomic E-state index is 12.7. The Labute approximate surface area is 136 Å². The minimum absolute atomic E-state index is 0.191. The number of aromatic nitrogens is 2. The first-order valence-electron chi connectivity index (χ1n) is 7.93. The van der Waals surface area contributed by atoms with Gasteiger partial charge in [-0.3, -0.25) is 9.36 Å². The zero-order valence-corrected chi connectivity index (χ0v) is 14.1. The monoisotopic (exact) mass is 313 g/mol. The summed E-state index contributed by atoms with van der Waals surface area (Å²) in [4.78, 5) is 28.9. The van der Waals surface area contributed by atoms with Crippen LogP contribution in [-0.2, 0) is 11.2 Å². The van der Waals surface area contributed by atoms with Gasteiger partial charge in [-0.15, -0.1) is 0 Å². The SMILES string of the molecule is CCc1ccccc1NC(=O)C(CC)n1c(C)cc(C)nc1=O. The molecular weight excluding hydrogens is 290 g/mol. The van der Waals surface area contributed by atoms with Crippen molar-refractivity contribution in [3.05, 3.63) is 57.8 Å². The van der Waals surface area contributed by atoms with E-state index in [2.05, 4.69) is 10.3 Å². The highest BCUT2D eigenvalue weighted by atomic mass is 16.2. The average molecular weight is 313 g/mol. The highest BCUT2D eigenvalue weighted by Crippen LogP contribution is 2.19. The van der Waals surface area contributed by atoms with Gasteiger partial charge in [0.15, 0.2) is 0 Å². The zero-order chi connectivity index (χ0) is 17.0. The number of nitrogens with zero attached hydrogens (tertiary/aromatic N) is 2. The Kier molecular flexibility index (Phi) is 5.32. The van der Waals surface area contributed by atoms with E-state index in [1.807, 2.05) is 51.1 Å². The minimum atomic E-state index is -0.569. The second-order valence-electron chi connectivity index (χ2n) is 5.62. The molecule has 0 aliphatic rings. The van der Waals surface area contributed by atoms with Crippen molar-refractivity contribution < 1.29 is 4.79 Å². The summed E-state index contributed by atoms with van der Waals surface area (Å²) in [5.41, 5.74) is 2.89. The molecule has 1 aromatic carbocycles. The molecule has 23 heavy (non-hydrogen) atoms. The maximum Gasteiger partial charge on any atom is 0.348 e. The number of nitrogens with one attached hydrogen (secondary N) is 1. The van der Waals surface area contributed by atoms with Gasteiger partial charge in [-0.2, -0.15) is 4.98 Å². The highest BCUT2D eigenvalue weighted by molar-refractivity contribution is 5.94. The van der Waals surface area contributed by atoms with Crippen LogP contribution in [0.2, 0.25) is 0 Å². The molecule has 122 valence electrons. The number of benzene rings is 1. The van der Waals surface area contributed by atoms with Gasteiger partial charge in [-0.1, -0.05) is 32.0 Å². The van der Waals surface area contributed by atoms with Crippen molar-refractivity contribution in [1.82, 2.24) is 9.55 Å². The number of carbonyl (C=O) groups is 1. The second-order valence-corrected chi connectivity index (χ2v) is 5.62. The molecule has 0 aliphatic carbocycles. The molecule has 0 fully saturated rings. The van der Waals surface area contributed by atoms with E-state index in [4.69, 9.17) is 0 Å². The van der Waals surface area contributed by atoms with E-state index in [1.54, 1.807) is 6.92 Å². The molecule has 1 unspecified atom stereocenters. The Hall–Kier alpha value is -2.43. The lowest BCUT2D eigenvalue weighted by atomic mass is 10.1. The third-order valence-electron chi connectivity index (χ3n) is 3.93. The summed E-state index contributed by atoms with van der Waals surface area (Å²) in [6, 6.07) is 8.95. The lowest BCUT2D eigenvalue weighted by molar-refractivity contribution is -0.119. The van der Waals surface area contributed by atoms with Gasteiger partial charge in [0.2, 0.25) is 5.91 Å². The fourth-order valence-corrected chi connectivity index (χ4v) is 2.79. The van der Waals surface area contributed by atoms with E-state index >= 15 is 0 Å². The summed E-state index contributed by atoms with van der Waals surface area (Å²) in [5, 5.41) is 2.95. The van der Waals surface area contributed by atoms with E-state index in [9.17, 15) is 9.59 Å². The Balaban J connectivity index is 2.35. The molecule has 1 N–H and O–H groups in total. The van der Waals surface area contributed by atoms with E-state index in [-0.39, 0.29) is 11.6 Å². The van der Waals surface area contributed by atoms with Crippen LogP contribution in [0.3, 0.4) is 0 Å². The quantitative estimate of drug-likeness (QED) is 0.923. The molecule has 2 rings (SSSR count). The second kappa shape index (κ2) is 7.22. The standard InChI is InChI=1S/C18H23N3O2/c1-5-14-9-7-8-10-15(14)20-17(22)16(6-2)21-13(4)11-12(3)19-18(21)23/h7-11,16H,5-6H2,1-4H3,(H,20,22). The summed E-state index contributed by atoms with van der Waals surface area (Å²) in [6.45, 7) is 7.53. The minimum Gasteiger partial charge on any atom is -0.324 e. The number of anilines is 1. The van der Waals surface area contributed by atoms with Gasteiger partial charge in [-0.05, 0) is 44.4 Å². The fraction of sp³-hybridized carbons (Fsp3) is 0.389. The van der Waals surface area contributed by atoms with Gasteiger partial charge in [0.05, 0.1) is 0 Å². The molecule has 0 spiro atoms. The number of aryl methyl sites for hydroxylation is 3. The molecule has 1 heterocycles. The molecule has 0 saturated carbocycles. The Morgan fingerprint density at radius 2 is 1.96 bits per heavy atom. The van der Waals surface area contributed by atoms with Gasteiger partial charge < -0.3 is 5.32 Å². The molecule has 1 atom stereocenters. The molecule has 5 nitrogen and oxygen atoms in total. The van der Waals surface area contributed by atoms with Gasteiger partial charge in [0.25, 0.3) is 0 Å². The average Bonchev–Trinajstić information content (AvgIpc) is 2.51. The summed E-state index contributed by atoms with van der Waals surface area (Å²) in [6.07, 6.45) is 1.35. The van der Waals surface area contributed by atoms with Crippen molar-refractivity contribution in [2.24, 2.45) is 0 Å². The number of carbonyl (C=O) groups excluding carboxylic acids is 1. The largest absolute Gasteiger partial charge is 0.348 e. The fourth-order valence-electron chi connectivity index (χ4n) is 2.79. The first kappa shape index (κ1) is 16.9. The third kappa shape index (κ3) is 3.67. The van der Waals surface area contributed by atoms with Crippen LogP contribution in [0, 0.1) is 13.8 Å². The molecule has 0 bridgehead atoms. The summed E-state index contributed by atoms with van der Waals surface area (Å²) in [7, 11) is 0. The molecule has 5 heteroatoms. The number of amides is 1. The third-order valence-corrected chi connectivity index (χ3v) is 3.93. The van der Waals surface area contributed by atoms with E-state index < -0.39 is 6.04 Å². The predicted molar refractivity (Wildman–Crippen MR) is 91.7 cm³/mol. The topological polar surface area (TPSA) is 64.0 Å². The number of para-hydroxylation sites is 1. The van der Waals surface area contributed by atoms with Crippen LogP contribution in [0.1, 0.15) is 43.3 Å².